The van der Waals surface area contributed by atoms with Crippen LogP contribution in [-0.4, -0.2) is 31.6 Å². The highest BCUT2D eigenvalue weighted by Gasteiger charge is 2.32. The molecule has 1 aromatic rings. The standard InChI is InChI=1S/C21H31NO3/c1-24-17-11-12-20(25-2)18(15-17)19-9-6-14-22(19)21(23)13-10-16-7-4-3-5-8-16/h11-12,15-16,19H,3-10,13-14H2,1-2H3/t19-/m0/s1. The molecule has 2 fully saturated rings. The molecule has 1 aliphatic carbocycles. The zero-order valence-electron chi connectivity index (χ0n) is 15.6. The van der Waals surface area contributed by atoms with Gasteiger partial charge in [-0.05, 0) is 43.4 Å². The van der Waals surface area contributed by atoms with Crippen LogP contribution in [0.5, 0.6) is 11.5 Å². The Morgan fingerprint density at radius 3 is 2.60 bits per heavy atom. The fourth-order valence-electron chi connectivity index (χ4n) is 4.44. The van der Waals surface area contributed by atoms with E-state index in [9.17, 15) is 4.79 Å². The molecule has 4 nitrogen and oxygen atoms in total. The SMILES string of the molecule is COc1ccc(OC)c([C@@H]2CCCN2C(=O)CCC2CCCCC2)c1. The Kier molecular flexibility index (Phi) is 6.22. The predicted molar refractivity (Wildman–Crippen MR) is 99.0 cm³/mol. The predicted octanol–water partition coefficient (Wildman–Crippen LogP) is 4.73. The number of ether oxygens (including phenoxy) is 2. The molecule has 0 aromatic heterocycles. The number of carbonyl (C=O) groups excluding carboxylic acids is 1. The molecular formula is C21H31NO3. The summed E-state index contributed by atoms with van der Waals surface area (Å²) in [7, 11) is 3.36. The van der Waals surface area contributed by atoms with Crippen LogP contribution in [0.15, 0.2) is 18.2 Å². The summed E-state index contributed by atoms with van der Waals surface area (Å²) in [4.78, 5) is 14.9. The lowest BCUT2D eigenvalue weighted by atomic mass is 9.86. The van der Waals surface area contributed by atoms with E-state index in [0.717, 1.165) is 48.8 Å². The van der Waals surface area contributed by atoms with Crippen LogP contribution in [0.1, 0.15) is 69.4 Å². The van der Waals surface area contributed by atoms with Gasteiger partial charge in [0, 0.05) is 18.5 Å². The van der Waals surface area contributed by atoms with Gasteiger partial charge in [0.2, 0.25) is 5.91 Å². The second-order valence-corrected chi connectivity index (χ2v) is 7.40. The maximum Gasteiger partial charge on any atom is 0.223 e. The van der Waals surface area contributed by atoms with Crippen molar-refractivity contribution in [1.29, 1.82) is 0 Å². The molecule has 1 amide bonds. The van der Waals surface area contributed by atoms with Gasteiger partial charge in [-0.15, -0.1) is 0 Å². The van der Waals surface area contributed by atoms with Crippen LogP contribution in [0.25, 0.3) is 0 Å². The van der Waals surface area contributed by atoms with Gasteiger partial charge in [-0.25, -0.2) is 0 Å². The lowest BCUT2D eigenvalue weighted by Crippen LogP contribution is -2.31. The summed E-state index contributed by atoms with van der Waals surface area (Å²) >= 11 is 0. The molecule has 1 heterocycles. The number of hydrogen-bond donors (Lipinski definition) is 0. The third kappa shape index (κ3) is 4.28. The minimum atomic E-state index is 0.115. The number of amides is 1. The van der Waals surface area contributed by atoms with E-state index in [-0.39, 0.29) is 6.04 Å². The largest absolute Gasteiger partial charge is 0.497 e. The normalized spacial score (nSPS) is 21.4. The number of nitrogens with zero attached hydrogens (tertiary/aromatic N) is 1. The van der Waals surface area contributed by atoms with Crippen LogP contribution in [0, 0.1) is 5.92 Å². The quantitative estimate of drug-likeness (QED) is 0.748. The van der Waals surface area contributed by atoms with E-state index in [1.165, 1.54) is 32.1 Å². The molecular weight excluding hydrogens is 314 g/mol. The fraction of sp³-hybridized carbons (Fsp3) is 0.667. The maximum absolute atomic E-state index is 12.9. The van der Waals surface area contributed by atoms with Crippen molar-refractivity contribution in [2.75, 3.05) is 20.8 Å². The van der Waals surface area contributed by atoms with Crippen LogP contribution in [-0.2, 0) is 4.79 Å². The molecule has 1 saturated carbocycles. The second kappa shape index (κ2) is 8.59. The summed E-state index contributed by atoms with van der Waals surface area (Å²) < 4.78 is 10.9. The van der Waals surface area contributed by atoms with Crippen molar-refractivity contribution in [2.24, 2.45) is 5.92 Å². The van der Waals surface area contributed by atoms with Crippen LogP contribution >= 0.6 is 0 Å². The number of methoxy groups -OCH3 is 2. The zero-order chi connectivity index (χ0) is 17.6. The van der Waals surface area contributed by atoms with Gasteiger partial charge in [0.25, 0.3) is 0 Å². The van der Waals surface area contributed by atoms with Gasteiger partial charge < -0.3 is 14.4 Å². The van der Waals surface area contributed by atoms with Gasteiger partial charge >= 0.3 is 0 Å². The molecule has 3 rings (SSSR count). The first-order valence-corrected chi connectivity index (χ1v) is 9.74. The summed E-state index contributed by atoms with van der Waals surface area (Å²) in [5, 5.41) is 0. The molecule has 2 aliphatic rings. The molecule has 1 aromatic carbocycles. The molecule has 25 heavy (non-hydrogen) atoms. The van der Waals surface area contributed by atoms with E-state index < -0.39 is 0 Å². The molecule has 0 unspecified atom stereocenters. The monoisotopic (exact) mass is 345 g/mol. The topological polar surface area (TPSA) is 38.8 Å². The van der Waals surface area contributed by atoms with Crippen LogP contribution in [0.4, 0.5) is 0 Å². The first kappa shape index (κ1) is 18.1. The van der Waals surface area contributed by atoms with Gasteiger partial charge in [0.15, 0.2) is 0 Å². The number of rotatable bonds is 6. The minimum absolute atomic E-state index is 0.115. The Balaban J connectivity index is 1.68. The van der Waals surface area contributed by atoms with Crippen LogP contribution in [0.3, 0.4) is 0 Å². The molecule has 1 atom stereocenters. The fourth-order valence-corrected chi connectivity index (χ4v) is 4.44. The van der Waals surface area contributed by atoms with Gasteiger partial charge in [-0.2, -0.15) is 0 Å². The van der Waals surface area contributed by atoms with E-state index in [1.807, 2.05) is 18.2 Å². The van der Waals surface area contributed by atoms with Crippen molar-refractivity contribution < 1.29 is 14.3 Å². The Bertz CT molecular complexity index is 581. The molecule has 4 heteroatoms. The van der Waals surface area contributed by atoms with Crippen molar-refractivity contribution in [2.45, 2.75) is 63.8 Å². The number of benzene rings is 1. The third-order valence-electron chi connectivity index (χ3n) is 5.86. The van der Waals surface area contributed by atoms with Crippen molar-refractivity contribution in [1.82, 2.24) is 4.90 Å². The van der Waals surface area contributed by atoms with Crippen molar-refractivity contribution in [3.63, 3.8) is 0 Å². The molecule has 0 spiro atoms. The first-order valence-electron chi connectivity index (χ1n) is 9.74. The Labute approximate surface area is 151 Å². The number of hydrogen-bond acceptors (Lipinski definition) is 3. The van der Waals surface area contributed by atoms with Gasteiger partial charge in [0.1, 0.15) is 11.5 Å². The van der Waals surface area contributed by atoms with Gasteiger partial charge in [0.05, 0.1) is 20.3 Å². The molecule has 0 bridgehead atoms. The summed E-state index contributed by atoms with van der Waals surface area (Å²) in [6.45, 7) is 0.856. The highest BCUT2D eigenvalue weighted by atomic mass is 16.5. The Morgan fingerprint density at radius 1 is 1.08 bits per heavy atom. The Hall–Kier alpha value is -1.71. The van der Waals surface area contributed by atoms with E-state index in [2.05, 4.69) is 4.90 Å². The van der Waals surface area contributed by atoms with Gasteiger partial charge in [-0.3, -0.25) is 4.79 Å². The van der Waals surface area contributed by atoms with Crippen LogP contribution in [0.2, 0.25) is 0 Å². The molecule has 0 N–H and O–H groups in total. The Morgan fingerprint density at radius 2 is 1.88 bits per heavy atom. The summed E-state index contributed by atoms with van der Waals surface area (Å²) in [6, 6.07) is 5.99. The van der Waals surface area contributed by atoms with Crippen molar-refractivity contribution in [3.05, 3.63) is 23.8 Å². The van der Waals surface area contributed by atoms with Crippen molar-refractivity contribution in [3.8, 4) is 11.5 Å². The minimum Gasteiger partial charge on any atom is -0.497 e. The van der Waals surface area contributed by atoms with E-state index in [0.29, 0.717) is 12.3 Å². The zero-order valence-corrected chi connectivity index (χ0v) is 15.6. The lowest BCUT2D eigenvalue weighted by molar-refractivity contribution is -0.132. The van der Waals surface area contributed by atoms with E-state index in [4.69, 9.17) is 9.47 Å². The van der Waals surface area contributed by atoms with Crippen molar-refractivity contribution >= 4 is 5.91 Å². The van der Waals surface area contributed by atoms with E-state index in [1.54, 1.807) is 14.2 Å². The average molecular weight is 345 g/mol. The summed E-state index contributed by atoms with van der Waals surface area (Å²) in [6.07, 6.45) is 10.5. The highest BCUT2D eigenvalue weighted by molar-refractivity contribution is 5.77. The molecule has 138 valence electrons. The average Bonchev–Trinajstić information content (AvgIpc) is 3.16. The van der Waals surface area contributed by atoms with E-state index >= 15 is 0 Å². The van der Waals surface area contributed by atoms with Gasteiger partial charge in [-0.1, -0.05) is 32.1 Å². The number of carbonyl (C=O) groups is 1. The third-order valence-corrected chi connectivity index (χ3v) is 5.86. The second-order valence-electron chi connectivity index (χ2n) is 7.40. The lowest BCUT2D eigenvalue weighted by Gasteiger charge is -2.28. The highest BCUT2D eigenvalue weighted by Crippen LogP contribution is 2.39. The molecule has 1 saturated heterocycles. The summed E-state index contributed by atoms with van der Waals surface area (Å²) in [5.74, 6) is 2.72. The van der Waals surface area contributed by atoms with Crippen LogP contribution < -0.4 is 9.47 Å². The maximum atomic E-state index is 12.9. The smallest absolute Gasteiger partial charge is 0.223 e. The summed E-state index contributed by atoms with van der Waals surface area (Å²) in [5.41, 5.74) is 1.07. The molecule has 1 aliphatic heterocycles. The molecule has 0 radical (unpaired) electrons. The number of likely N-dealkylation sites (tertiary alicyclic amines) is 1. The first-order chi connectivity index (χ1) is 12.2.